The van der Waals surface area contributed by atoms with E-state index in [9.17, 15) is 0 Å². The first-order valence-electron chi connectivity index (χ1n) is 6.27. The molecular weight excluding hydrogens is 332 g/mol. The predicted molar refractivity (Wildman–Crippen MR) is 88.0 cm³/mol. The van der Waals surface area contributed by atoms with Gasteiger partial charge in [-0.25, -0.2) is 4.98 Å². The number of thiazole rings is 1. The zero-order chi connectivity index (χ0) is 14.1. The monoisotopic (exact) mass is 344 g/mol. The Morgan fingerprint density at radius 2 is 1.95 bits per heavy atom. The Morgan fingerprint density at radius 1 is 1.10 bits per heavy atom. The summed E-state index contributed by atoms with van der Waals surface area (Å²) in [6.45, 7) is 4.23. The van der Waals surface area contributed by atoms with Crippen LogP contribution in [0.25, 0.3) is 21.8 Å². The van der Waals surface area contributed by atoms with Crippen LogP contribution in [0.5, 0.6) is 0 Å². The topological polar surface area (TPSA) is 25.8 Å². The number of hydrogen-bond acceptors (Lipinski definition) is 3. The van der Waals surface area contributed by atoms with Crippen LogP contribution in [0.2, 0.25) is 0 Å². The second-order valence-electron chi connectivity index (χ2n) is 4.75. The van der Waals surface area contributed by atoms with Crippen molar-refractivity contribution in [2.24, 2.45) is 0 Å². The molecular formula is C16H13BrN2S. The average Bonchev–Trinajstić information content (AvgIpc) is 2.88. The maximum atomic E-state index is 4.74. The zero-order valence-corrected chi connectivity index (χ0v) is 13.6. The van der Waals surface area contributed by atoms with Gasteiger partial charge in [0.05, 0.1) is 5.69 Å². The summed E-state index contributed by atoms with van der Waals surface area (Å²) in [7, 11) is 0. The van der Waals surface area contributed by atoms with Gasteiger partial charge in [0.2, 0.25) is 0 Å². The van der Waals surface area contributed by atoms with Crippen LogP contribution in [-0.4, -0.2) is 9.97 Å². The van der Waals surface area contributed by atoms with Crippen molar-refractivity contribution in [1.29, 1.82) is 0 Å². The third kappa shape index (κ3) is 2.67. The Morgan fingerprint density at radius 3 is 2.70 bits per heavy atom. The first-order chi connectivity index (χ1) is 9.63. The third-order valence-electron chi connectivity index (χ3n) is 3.11. The minimum atomic E-state index is 0.971. The van der Waals surface area contributed by atoms with E-state index in [1.807, 2.05) is 12.3 Å². The van der Waals surface area contributed by atoms with Gasteiger partial charge < -0.3 is 0 Å². The average molecular weight is 345 g/mol. The number of rotatable bonds is 2. The summed E-state index contributed by atoms with van der Waals surface area (Å²) in [4.78, 5) is 8.93. The largest absolute Gasteiger partial charge is 0.263 e. The molecule has 0 unspecified atom stereocenters. The summed E-state index contributed by atoms with van der Waals surface area (Å²) < 4.78 is 0.971. The molecule has 4 heteroatoms. The van der Waals surface area contributed by atoms with E-state index in [4.69, 9.17) is 4.98 Å². The zero-order valence-electron chi connectivity index (χ0n) is 11.2. The standard InChI is InChI=1S/C16H13BrN2S/c1-10-3-4-14(11(2)5-10)15-9-20-16(19-15)12-6-13(17)8-18-7-12/h3-9H,1-2H3. The van der Waals surface area contributed by atoms with Crippen LogP contribution in [0.4, 0.5) is 0 Å². The molecule has 0 atom stereocenters. The Kier molecular flexibility index (Phi) is 3.68. The van der Waals surface area contributed by atoms with Crippen molar-refractivity contribution in [2.75, 3.05) is 0 Å². The van der Waals surface area contributed by atoms with E-state index in [1.165, 1.54) is 16.7 Å². The quantitative estimate of drug-likeness (QED) is 0.634. The molecule has 0 amide bonds. The van der Waals surface area contributed by atoms with Crippen molar-refractivity contribution >= 4 is 27.3 Å². The van der Waals surface area contributed by atoms with Gasteiger partial charge in [0.1, 0.15) is 5.01 Å². The molecule has 1 aromatic carbocycles. The van der Waals surface area contributed by atoms with E-state index in [1.54, 1.807) is 17.5 Å². The van der Waals surface area contributed by atoms with E-state index in [-0.39, 0.29) is 0 Å². The van der Waals surface area contributed by atoms with E-state index >= 15 is 0 Å². The van der Waals surface area contributed by atoms with Crippen LogP contribution in [0, 0.1) is 13.8 Å². The van der Waals surface area contributed by atoms with Gasteiger partial charge in [-0.3, -0.25) is 4.98 Å². The summed E-state index contributed by atoms with van der Waals surface area (Å²) in [5, 5.41) is 3.10. The lowest BCUT2D eigenvalue weighted by Crippen LogP contribution is -1.85. The third-order valence-corrected chi connectivity index (χ3v) is 4.44. The molecule has 0 saturated heterocycles. The highest BCUT2D eigenvalue weighted by molar-refractivity contribution is 9.10. The number of aryl methyl sites for hydroxylation is 2. The van der Waals surface area contributed by atoms with Crippen LogP contribution in [0.3, 0.4) is 0 Å². The fourth-order valence-electron chi connectivity index (χ4n) is 2.16. The minimum absolute atomic E-state index is 0.971. The van der Waals surface area contributed by atoms with E-state index in [2.05, 4.69) is 58.3 Å². The fourth-order valence-corrected chi connectivity index (χ4v) is 3.33. The molecule has 0 N–H and O–H groups in total. The van der Waals surface area contributed by atoms with Gasteiger partial charge in [-0.05, 0) is 41.4 Å². The van der Waals surface area contributed by atoms with Gasteiger partial charge in [0, 0.05) is 33.4 Å². The molecule has 2 heterocycles. The van der Waals surface area contributed by atoms with Gasteiger partial charge in [-0.1, -0.05) is 23.8 Å². The molecule has 0 bridgehead atoms. The summed E-state index contributed by atoms with van der Waals surface area (Å²) in [5.41, 5.74) is 5.80. The molecule has 2 nitrogen and oxygen atoms in total. The summed E-state index contributed by atoms with van der Waals surface area (Å²) in [5.74, 6) is 0. The van der Waals surface area contributed by atoms with Crippen LogP contribution >= 0.6 is 27.3 Å². The number of benzene rings is 1. The van der Waals surface area contributed by atoms with E-state index in [0.29, 0.717) is 0 Å². The van der Waals surface area contributed by atoms with Crippen molar-refractivity contribution in [3.8, 4) is 21.8 Å². The van der Waals surface area contributed by atoms with Crippen LogP contribution in [-0.2, 0) is 0 Å². The second kappa shape index (κ2) is 5.46. The second-order valence-corrected chi connectivity index (χ2v) is 6.52. The molecule has 3 aromatic rings. The minimum Gasteiger partial charge on any atom is -0.263 e. The Labute approximate surface area is 130 Å². The van der Waals surface area contributed by atoms with Crippen LogP contribution in [0.1, 0.15) is 11.1 Å². The first-order valence-corrected chi connectivity index (χ1v) is 7.95. The highest BCUT2D eigenvalue weighted by Crippen LogP contribution is 2.31. The predicted octanol–water partition coefficient (Wildman–Crippen LogP) is 5.25. The number of pyridine rings is 1. The lowest BCUT2D eigenvalue weighted by molar-refractivity contribution is 1.29. The number of aromatic nitrogens is 2. The molecule has 0 aliphatic carbocycles. The molecule has 0 radical (unpaired) electrons. The Hall–Kier alpha value is -1.52. The van der Waals surface area contributed by atoms with Crippen molar-refractivity contribution in [3.05, 3.63) is 57.6 Å². The molecule has 100 valence electrons. The number of nitrogens with zero attached hydrogens (tertiary/aromatic N) is 2. The van der Waals surface area contributed by atoms with Crippen molar-refractivity contribution in [2.45, 2.75) is 13.8 Å². The Bertz CT molecular complexity index is 765. The molecule has 3 rings (SSSR count). The van der Waals surface area contributed by atoms with Crippen LogP contribution in [0.15, 0.2) is 46.5 Å². The number of halogens is 1. The molecule has 2 aromatic heterocycles. The van der Waals surface area contributed by atoms with Crippen molar-refractivity contribution in [1.82, 2.24) is 9.97 Å². The van der Waals surface area contributed by atoms with Gasteiger partial charge in [-0.2, -0.15) is 0 Å². The maximum Gasteiger partial charge on any atom is 0.125 e. The maximum absolute atomic E-state index is 4.74. The van der Waals surface area contributed by atoms with E-state index in [0.717, 1.165) is 20.7 Å². The molecule has 20 heavy (non-hydrogen) atoms. The van der Waals surface area contributed by atoms with Gasteiger partial charge in [0.15, 0.2) is 0 Å². The van der Waals surface area contributed by atoms with E-state index < -0.39 is 0 Å². The summed E-state index contributed by atoms with van der Waals surface area (Å²) in [6.07, 6.45) is 3.62. The highest BCUT2D eigenvalue weighted by Gasteiger charge is 2.09. The lowest BCUT2D eigenvalue weighted by Gasteiger charge is -2.03. The molecule has 0 aliphatic rings. The van der Waals surface area contributed by atoms with Gasteiger partial charge >= 0.3 is 0 Å². The summed E-state index contributed by atoms with van der Waals surface area (Å²) >= 11 is 5.09. The van der Waals surface area contributed by atoms with Crippen LogP contribution < -0.4 is 0 Å². The lowest BCUT2D eigenvalue weighted by atomic mass is 10.0. The molecule has 0 aliphatic heterocycles. The van der Waals surface area contributed by atoms with Gasteiger partial charge in [-0.15, -0.1) is 11.3 Å². The first kappa shape index (κ1) is 13.5. The Balaban J connectivity index is 2.02. The normalized spacial score (nSPS) is 10.8. The van der Waals surface area contributed by atoms with Gasteiger partial charge in [0.25, 0.3) is 0 Å². The molecule has 0 saturated carbocycles. The molecule has 0 spiro atoms. The smallest absolute Gasteiger partial charge is 0.125 e. The highest BCUT2D eigenvalue weighted by atomic mass is 79.9. The SMILES string of the molecule is Cc1ccc(-c2csc(-c3cncc(Br)c3)n2)c(C)c1. The summed E-state index contributed by atoms with van der Waals surface area (Å²) in [6, 6.07) is 8.50. The van der Waals surface area contributed by atoms with Crippen molar-refractivity contribution in [3.63, 3.8) is 0 Å². The fraction of sp³-hybridized carbons (Fsp3) is 0.125. The molecule has 0 fully saturated rings. The number of hydrogen-bond donors (Lipinski definition) is 0. The van der Waals surface area contributed by atoms with Crippen molar-refractivity contribution < 1.29 is 0 Å².